The number of carbonyl (C=O) groups is 1. The molecule has 186 valence electrons. The van der Waals surface area contributed by atoms with E-state index in [2.05, 4.69) is 32.0 Å². The first-order chi connectivity index (χ1) is 16.6. The van der Waals surface area contributed by atoms with E-state index in [4.69, 9.17) is 9.90 Å². The molecule has 0 atom stereocenters. The van der Waals surface area contributed by atoms with E-state index in [9.17, 15) is 22.8 Å². The molecule has 0 unspecified atom stereocenters. The molecule has 11 nitrogen and oxygen atoms in total. The SMILES string of the molecule is CC#CCn1c(=O)n(-c2ccc(=O)n(C)c2)c2ncnc(N3CCNCC3)c21.O=C(O)C(F)(F)F. The Balaban J connectivity index is 0.000000429. The van der Waals surface area contributed by atoms with Crippen LogP contribution < -0.4 is 21.5 Å². The number of fused-ring (bicyclic) bond motifs is 1. The fourth-order valence-corrected chi connectivity index (χ4v) is 3.43. The summed E-state index contributed by atoms with van der Waals surface area (Å²) in [5.41, 5.74) is 1.34. The van der Waals surface area contributed by atoms with Crippen molar-refractivity contribution in [1.29, 1.82) is 0 Å². The molecule has 14 heteroatoms. The molecule has 1 saturated heterocycles. The highest BCUT2D eigenvalue weighted by Crippen LogP contribution is 2.24. The van der Waals surface area contributed by atoms with Gasteiger partial charge in [-0.1, -0.05) is 5.92 Å². The molecule has 1 aliphatic rings. The summed E-state index contributed by atoms with van der Waals surface area (Å²) in [6.07, 6.45) is -1.97. The number of carboxylic acid groups (broad SMARTS) is 1. The number of aromatic nitrogens is 5. The topological polar surface area (TPSA) is 127 Å². The Labute approximate surface area is 196 Å². The van der Waals surface area contributed by atoms with Crippen molar-refractivity contribution < 1.29 is 23.1 Å². The fraction of sp³-hybridized carbons (Fsp3) is 0.381. The van der Waals surface area contributed by atoms with Gasteiger partial charge in [0, 0.05) is 45.5 Å². The van der Waals surface area contributed by atoms with Gasteiger partial charge in [0.05, 0.1) is 12.2 Å². The number of hydrogen-bond donors (Lipinski definition) is 2. The van der Waals surface area contributed by atoms with E-state index < -0.39 is 12.1 Å². The van der Waals surface area contributed by atoms with Crippen molar-refractivity contribution in [1.82, 2.24) is 29.0 Å². The minimum Gasteiger partial charge on any atom is -0.475 e. The van der Waals surface area contributed by atoms with E-state index in [1.54, 1.807) is 30.8 Å². The zero-order valence-corrected chi connectivity index (χ0v) is 18.8. The number of imidazole rings is 1. The Hall–Kier alpha value is -4.12. The highest BCUT2D eigenvalue weighted by atomic mass is 19.4. The molecule has 0 bridgehead atoms. The lowest BCUT2D eigenvalue weighted by Gasteiger charge is -2.28. The lowest BCUT2D eigenvalue weighted by molar-refractivity contribution is -0.192. The standard InChI is InChI=1S/C19H21N7O2.C2HF3O2/c1-3-4-9-25-16-17(24-10-7-20-8-11-24)21-13-22-18(16)26(19(25)28)14-5-6-15(27)23(2)12-14;3-2(4,5)1(6)7/h5-6,12-13,20H,7-11H2,1-2H3;(H,6,7). The number of rotatable bonds is 3. The van der Waals surface area contributed by atoms with Crippen LogP contribution in [0.5, 0.6) is 0 Å². The van der Waals surface area contributed by atoms with Crippen molar-refractivity contribution in [3.05, 3.63) is 45.5 Å². The van der Waals surface area contributed by atoms with E-state index in [-0.39, 0.29) is 17.8 Å². The van der Waals surface area contributed by atoms with Crippen LogP contribution in [0.1, 0.15) is 6.92 Å². The minimum atomic E-state index is -5.08. The largest absolute Gasteiger partial charge is 0.490 e. The molecule has 4 rings (SSSR count). The molecular weight excluding hydrogens is 471 g/mol. The zero-order valence-electron chi connectivity index (χ0n) is 18.8. The van der Waals surface area contributed by atoms with Crippen LogP contribution in [0.2, 0.25) is 0 Å². The third-order valence-corrected chi connectivity index (χ3v) is 5.09. The lowest BCUT2D eigenvalue weighted by Crippen LogP contribution is -2.44. The van der Waals surface area contributed by atoms with Crippen LogP contribution in [0.25, 0.3) is 16.9 Å². The quantitative estimate of drug-likeness (QED) is 0.501. The smallest absolute Gasteiger partial charge is 0.475 e. The third-order valence-electron chi connectivity index (χ3n) is 5.09. The van der Waals surface area contributed by atoms with E-state index in [0.29, 0.717) is 16.9 Å². The van der Waals surface area contributed by atoms with Crippen molar-refractivity contribution in [2.45, 2.75) is 19.6 Å². The molecule has 4 heterocycles. The number of aryl methyl sites for hydroxylation is 1. The monoisotopic (exact) mass is 493 g/mol. The number of anilines is 1. The van der Waals surface area contributed by atoms with Crippen LogP contribution in [-0.4, -0.2) is 67.1 Å². The Bertz CT molecular complexity index is 1410. The van der Waals surface area contributed by atoms with Crippen LogP contribution in [-0.2, 0) is 18.4 Å². The second kappa shape index (κ2) is 10.4. The van der Waals surface area contributed by atoms with Crippen molar-refractivity contribution in [2.75, 3.05) is 31.1 Å². The zero-order chi connectivity index (χ0) is 25.8. The Kier molecular flexibility index (Phi) is 7.60. The average Bonchev–Trinajstić information content (AvgIpc) is 3.11. The summed E-state index contributed by atoms with van der Waals surface area (Å²) in [7, 11) is 1.65. The molecule has 0 spiro atoms. The number of hydrogen-bond acceptors (Lipinski definition) is 7. The number of halogens is 3. The van der Waals surface area contributed by atoms with Crippen LogP contribution in [0.15, 0.2) is 34.2 Å². The van der Waals surface area contributed by atoms with Crippen molar-refractivity contribution in [3.8, 4) is 17.5 Å². The summed E-state index contributed by atoms with van der Waals surface area (Å²) in [5, 5.41) is 10.4. The van der Waals surface area contributed by atoms with Crippen LogP contribution in [0, 0.1) is 11.8 Å². The van der Waals surface area contributed by atoms with Crippen molar-refractivity contribution in [2.24, 2.45) is 7.05 Å². The molecule has 1 aliphatic heterocycles. The maximum Gasteiger partial charge on any atom is 0.490 e. The third kappa shape index (κ3) is 5.52. The molecular formula is C21H22F3N7O4. The van der Waals surface area contributed by atoms with Crippen LogP contribution >= 0.6 is 0 Å². The minimum absolute atomic E-state index is 0.145. The predicted molar refractivity (Wildman–Crippen MR) is 121 cm³/mol. The maximum absolute atomic E-state index is 13.3. The molecule has 1 fully saturated rings. The summed E-state index contributed by atoms with van der Waals surface area (Å²) in [5.74, 6) is 3.78. The Morgan fingerprint density at radius 1 is 1.20 bits per heavy atom. The first-order valence-electron chi connectivity index (χ1n) is 10.3. The second-order valence-electron chi connectivity index (χ2n) is 7.38. The molecule has 35 heavy (non-hydrogen) atoms. The molecule has 0 aliphatic carbocycles. The van der Waals surface area contributed by atoms with Gasteiger partial charge in [-0.15, -0.1) is 5.92 Å². The molecule has 3 aromatic rings. The maximum atomic E-state index is 13.3. The van der Waals surface area contributed by atoms with Gasteiger partial charge < -0.3 is 19.9 Å². The van der Waals surface area contributed by atoms with Gasteiger partial charge in [0.25, 0.3) is 0 Å². The van der Waals surface area contributed by atoms with Gasteiger partial charge in [0.1, 0.15) is 11.8 Å². The average molecular weight is 493 g/mol. The number of carboxylic acids is 1. The Morgan fingerprint density at radius 3 is 2.43 bits per heavy atom. The van der Waals surface area contributed by atoms with E-state index in [1.807, 2.05) is 0 Å². The first kappa shape index (κ1) is 25.5. The lowest BCUT2D eigenvalue weighted by atomic mass is 10.3. The number of nitrogens with zero attached hydrogens (tertiary/aromatic N) is 6. The highest BCUT2D eigenvalue weighted by Gasteiger charge is 2.38. The predicted octanol–water partition coefficient (Wildman–Crippen LogP) is 0.347. The fourth-order valence-electron chi connectivity index (χ4n) is 3.43. The van der Waals surface area contributed by atoms with E-state index >= 15 is 0 Å². The van der Waals surface area contributed by atoms with Gasteiger partial charge in [-0.3, -0.25) is 9.36 Å². The second-order valence-corrected chi connectivity index (χ2v) is 7.38. The molecule has 0 aromatic carbocycles. The van der Waals surface area contributed by atoms with Gasteiger partial charge in [-0.25, -0.2) is 24.1 Å². The normalized spacial score (nSPS) is 13.6. The summed E-state index contributed by atoms with van der Waals surface area (Å²) < 4.78 is 36.3. The summed E-state index contributed by atoms with van der Waals surface area (Å²) in [6, 6.07) is 3.07. The molecule has 2 N–H and O–H groups in total. The molecule has 0 amide bonds. The van der Waals surface area contributed by atoms with Gasteiger partial charge in [0.15, 0.2) is 11.5 Å². The first-order valence-corrected chi connectivity index (χ1v) is 10.3. The number of pyridine rings is 1. The summed E-state index contributed by atoms with van der Waals surface area (Å²) in [6.45, 7) is 5.29. The highest BCUT2D eigenvalue weighted by molar-refractivity contribution is 5.85. The van der Waals surface area contributed by atoms with Crippen molar-refractivity contribution >= 4 is 23.0 Å². The molecule has 0 saturated carbocycles. The van der Waals surface area contributed by atoms with Crippen LogP contribution in [0.3, 0.4) is 0 Å². The summed E-state index contributed by atoms with van der Waals surface area (Å²) in [4.78, 5) is 45.0. The van der Waals surface area contributed by atoms with Gasteiger partial charge in [-0.05, 0) is 13.0 Å². The number of piperazine rings is 1. The van der Waals surface area contributed by atoms with Gasteiger partial charge in [-0.2, -0.15) is 13.2 Å². The Morgan fingerprint density at radius 2 is 1.86 bits per heavy atom. The number of aliphatic carboxylic acids is 1. The van der Waals surface area contributed by atoms with E-state index in [0.717, 1.165) is 32.0 Å². The van der Waals surface area contributed by atoms with Crippen LogP contribution in [0.4, 0.5) is 19.0 Å². The van der Waals surface area contributed by atoms with Gasteiger partial charge in [0.2, 0.25) is 5.56 Å². The number of nitrogens with one attached hydrogen (secondary N) is 1. The number of alkyl halides is 3. The van der Waals surface area contributed by atoms with Crippen molar-refractivity contribution in [3.63, 3.8) is 0 Å². The molecule has 0 radical (unpaired) electrons. The molecule has 3 aromatic heterocycles. The summed E-state index contributed by atoms with van der Waals surface area (Å²) >= 11 is 0. The van der Waals surface area contributed by atoms with E-state index in [1.165, 1.54) is 21.5 Å². The van der Waals surface area contributed by atoms with Gasteiger partial charge >= 0.3 is 17.8 Å².